The van der Waals surface area contributed by atoms with Gasteiger partial charge in [-0.1, -0.05) is 11.6 Å². The number of nitrogens with zero attached hydrogens (tertiary/aromatic N) is 1. The Hall–Kier alpha value is -1.24. The first-order chi connectivity index (χ1) is 5.77. The molecule has 0 spiro atoms. The van der Waals surface area contributed by atoms with Crippen LogP contribution in [0.1, 0.15) is 5.56 Å². The van der Waals surface area contributed by atoms with Crippen molar-refractivity contribution in [2.24, 2.45) is 0 Å². The van der Waals surface area contributed by atoms with Crippen LogP contribution in [-0.4, -0.2) is 7.05 Å². The number of hydrogen-bond acceptors (Lipinski definition) is 3. The predicted molar refractivity (Wildman–Crippen MR) is 48.8 cm³/mol. The molecule has 0 atom stereocenters. The molecular weight excluding hydrogens is 174 g/mol. The van der Waals surface area contributed by atoms with E-state index in [2.05, 4.69) is 10.9 Å². The molecule has 3 nitrogen and oxygen atoms in total. The van der Waals surface area contributed by atoms with Crippen molar-refractivity contribution in [1.82, 2.24) is 5.43 Å². The molecule has 0 unspecified atom stereocenters. The Kier molecular flexibility index (Phi) is 2.92. The van der Waals surface area contributed by atoms with Gasteiger partial charge in [-0.2, -0.15) is 5.26 Å². The fraction of sp³-hybridized carbons (Fsp3) is 0.125. The number of hydrazine groups is 1. The SMILES string of the molecule is CNNc1ccc(C#N)c(Cl)c1. The highest BCUT2D eigenvalue weighted by atomic mass is 35.5. The molecule has 0 aliphatic heterocycles. The largest absolute Gasteiger partial charge is 0.322 e. The Morgan fingerprint density at radius 3 is 2.75 bits per heavy atom. The van der Waals surface area contributed by atoms with Gasteiger partial charge in [-0.05, 0) is 18.2 Å². The zero-order valence-corrected chi connectivity index (χ0v) is 7.31. The van der Waals surface area contributed by atoms with Crippen LogP contribution in [0.4, 0.5) is 5.69 Å². The van der Waals surface area contributed by atoms with Crippen molar-refractivity contribution < 1.29 is 0 Å². The highest BCUT2D eigenvalue weighted by Crippen LogP contribution is 2.19. The third-order valence-corrected chi connectivity index (χ3v) is 1.67. The molecule has 4 heteroatoms. The molecule has 0 saturated carbocycles. The van der Waals surface area contributed by atoms with Crippen molar-refractivity contribution in [1.29, 1.82) is 5.26 Å². The van der Waals surface area contributed by atoms with Crippen LogP contribution in [0.25, 0.3) is 0 Å². The van der Waals surface area contributed by atoms with Crippen LogP contribution < -0.4 is 10.9 Å². The number of nitrogens with one attached hydrogen (secondary N) is 2. The second-order valence-corrected chi connectivity index (χ2v) is 2.59. The second-order valence-electron chi connectivity index (χ2n) is 2.18. The summed E-state index contributed by atoms with van der Waals surface area (Å²) in [5, 5.41) is 9.02. The molecular formula is C8H8ClN3. The monoisotopic (exact) mass is 181 g/mol. The Morgan fingerprint density at radius 1 is 1.50 bits per heavy atom. The number of anilines is 1. The van der Waals surface area contributed by atoms with Gasteiger partial charge in [0.15, 0.2) is 0 Å². The van der Waals surface area contributed by atoms with Crippen LogP contribution >= 0.6 is 11.6 Å². The first-order valence-electron chi connectivity index (χ1n) is 3.40. The standard InChI is InChI=1S/C8H8ClN3/c1-11-12-7-3-2-6(5-10)8(9)4-7/h2-4,11-12H,1H3. The fourth-order valence-corrected chi connectivity index (χ4v) is 1.05. The van der Waals surface area contributed by atoms with Crippen molar-refractivity contribution >= 4 is 17.3 Å². The topological polar surface area (TPSA) is 47.8 Å². The summed E-state index contributed by atoms with van der Waals surface area (Å²) < 4.78 is 0. The van der Waals surface area contributed by atoms with E-state index < -0.39 is 0 Å². The summed E-state index contributed by atoms with van der Waals surface area (Å²) in [6.07, 6.45) is 0. The Morgan fingerprint density at radius 2 is 2.25 bits per heavy atom. The molecule has 0 aliphatic rings. The van der Waals surface area contributed by atoms with Gasteiger partial charge in [0.05, 0.1) is 16.3 Å². The molecule has 0 radical (unpaired) electrons. The summed E-state index contributed by atoms with van der Waals surface area (Å²) in [4.78, 5) is 0. The van der Waals surface area contributed by atoms with Gasteiger partial charge in [0.2, 0.25) is 0 Å². The minimum absolute atomic E-state index is 0.456. The molecule has 0 amide bonds. The third-order valence-electron chi connectivity index (χ3n) is 1.36. The van der Waals surface area contributed by atoms with E-state index in [4.69, 9.17) is 16.9 Å². The van der Waals surface area contributed by atoms with Crippen LogP contribution in [0.5, 0.6) is 0 Å². The molecule has 62 valence electrons. The Bertz CT molecular complexity index is 317. The summed E-state index contributed by atoms with van der Waals surface area (Å²) in [6, 6.07) is 7.12. The molecule has 1 rings (SSSR count). The highest BCUT2D eigenvalue weighted by molar-refractivity contribution is 6.32. The van der Waals surface area contributed by atoms with E-state index in [1.165, 1.54) is 0 Å². The van der Waals surface area contributed by atoms with Crippen LogP contribution in [0.2, 0.25) is 5.02 Å². The number of rotatable bonds is 2. The summed E-state index contributed by atoms with van der Waals surface area (Å²) >= 11 is 5.77. The summed E-state index contributed by atoms with van der Waals surface area (Å²) in [7, 11) is 1.76. The molecule has 2 N–H and O–H groups in total. The second kappa shape index (κ2) is 3.96. The van der Waals surface area contributed by atoms with Crippen molar-refractivity contribution in [3.63, 3.8) is 0 Å². The lowest BCUT2D eigenvalue weighted by molar-refractivity contribution is 0.984. The minimum Gasteiger partial charge on any atom is -0.322 e. The summed E-state index contributed by atoms with van der Waals surface area (Å²) in [5.41, 5.74) is 6.93. The quantitative estimate of drug-likeness (QED) is 0.684. The van der Waals surface area contributed by atoms with Crippen LogP contribution in [0, 0.1) is 11.3 Å². The molecule has 0 aromatic heterocycles. The van der Waals surface area contributed by atoms with Gasteiger partial charge in [0.25, 0.3) is 0 Å². The number of halogens is 1. The molecule has 0 fully saturated rings. The molecule has 12 heavy (non-hydrogen) atoms. The molecule has 0 bridgehead atoms. The van der Waals surface area contributed by atoms with Crippen molar-refractivity contribution in [3.05, 3.63) is 28.8 Å². The maximum atomic E-state index is 8.57. The number of nitriles is 1. The van der Waals surface area contributed by atoms with E-state index in [1.807, 2.05) is 6.07 Å². The first kappa shape index (κ1) is 8.85. The van der Waals surface area contributed by atoms with E-state index in [0.717, 1.165) is 5.69 Å². The molecule has 0 aliphatic carbocycles. The van der Waals surface area contributed by atoms with Crippen molar-refractivity contribution in [2.45, 2.75) is 0 Å². The lowest BCUT2D eigenvalue weighted by atomic mass is 10.2. The van der Waals surface area contributed by atoms with Crippen LogP contribution in [0.3, 0.4) is 0 Å². The van der Waals surface area contributed by atoms with E-state index in [9.17, 15) is 0 Å². The van der Waals surface area contributed by atoms with Gasteiger partial charge >= 0.3 is 0 Å². The zero-order chi connectivity index (χ0) is 8.97. The smallest absolute Gasteiger partial charge is 0.101 e. The van der Waals surface area contributed by atoms with Crippen molar-refractivity contribution in [3.8, 4) is 6.07 Å². The number of benzene rings is 1. The van der Waals surface area contributed by atoms with E-state index in [1.54, 1.807) is 25.2 Å². The van der Waals surface area contributed by atoms with Gasteiger partial charge in [-0.3, -0.25) is 0 Å². The highest BCUT2D eigenvalue weighted by Gasteiger charge is 1.98. The van der Waals surface area contributed by atoms with E-state index in [-0.39, 0.29) is 0 Å². The number of hydrogen-bond donors (Lipinski definition) is 2. The first-order valence-corrected chi connectivity index (χ1v) is 3.78. The lowest BCUT2D eigenvalue weighted by Crippen LogP contribution is -2.14. The van der Waals surface area contributed by atoms with Gasteiger partial charge in [-0.15, -0.1) is 0 Å². The molecule has 0 saturated heterocycles. The minimum atomic E-state index is 0.456. The van der Waals surface area contributed by atoms with Crippen molar-refractivity contribution in [2.75, 3.05) is 12.5 Å². The van der Waals surface area contributed by atoms with Gasteiger partial charge in [0.1, 0.15) is 6.07 Å². The normalized spacial score (nSPS) is 9.08. The molecule has 0 heterocycles. The predicted octanol–water partition coefficient (Wildman–Crippen LogP) is 1.76. The Balaban J connectivity index is 2.96. The van der Waals surface area contributed by atoms with E-state index >= 15 is 0 Å². The summed E-state index contributed by atoms with van der Waals surface area (Å²) in [6.45, 7) is 0. The van der Waals surface area contributed by atoms with E-state index in [0.29, 0.717) is 10.6 Å². The van der Waals surface area contributed by atoms with Gasteiger partial charge in [0, 0.05) is 7.05 Å². The molecule has 1 aromatic rings. The maximum Gasteiger partial charge on any atom is 0.101 e. The summed E-state index contributed by atoms with van der Waals surface area (Å²) in [5.74, 6) is 0. The zero-order valence-electron chi connectivity index (χ0n) is 6.56. The maximum absolute atomic E-state index is 8.57. The van der Waals surface area contributed by atoms with Crippen LogP contribution in [-0.2, 0) is 0 Å². The lowest BCUT2D eigenvalue weighted by Gasteiger charge is -2.04. The van der Waals surface area contributed by atoms with Gasteiger partial charge < -0.3 is 5.43 Å². The van der Waals surface area contributed by atoms with Gasteiger partial charge in [-0.25, -0.2) is 5.43 Å². The molecule has 1 aromatic carbocycles. The fourth-order valence-electron chi connectivity index (χ4n) is 0.828. The Labute approximate surface area is 75.9 Å². The average molecular weight is 182 g/mol. The van der Waals surface area contributed by atoms with Crippen LogP contribution in [0.15, 0.2) is 18.2 Å². The third kappa shape index (κ3) is 1.88. The average Bonchev–Trinajstić information content (AvgIpc) is 2.05.